The van der Waals surface area contributed by atoms with Crippen LogP contribution >= 0.6 is 0 Å². The molecular formula is C55H59N7O8. The lowest BCUT2D eigenvalue weighted by Crippen LogP contribution is -2.54. The van der Waals surface area contributed by atoms with Gasteiger partial charge < -0.3 is 40.0 Å². The average molecular weight is 946 g/mol. The van der Waals surface area contributed by atoms with E-state index in [1.54, 1.807) is 101 Å². The van der Waals surface area contributed by atoms with Gasteiger partial charge in [-0.1, -0.05) is 18.7 Å². The van der Waals surface area contributed by atoms with Gasteiger partial charge in [0.05, 0.1) is 45.6 Å². The van der Waals surface area contributed by atoms with Crippen molar-refractivity contribution >= 4 is 57.7 Å². The van der Waals surface area contributed by atoms with Crippen molar-refractivity contribution in [2.75, 3.05) is 22.6 Å². The van der Waals surface area contributed by atoms with E-state index in [9.17, 15) is 29.2 Å². The first-order valence-corrected chi connectivity index (χ1v) is 23.8. The van der Waals surface area contributed by atoms with Crippen molar-refractivity contribution in [2.45, 2.75) is 96.9 Å². The molecule has 15 heteroatoms. The fraction of sp³-hybridized carbons (Fsp3) is 0.364. The number of amides is 4. The van der Waals surface area contributed by atoms with Crippen molar-refractivity contribution < 1.29 is 38.2 Å². The smallest absolute Gasteiger partial charge is 0.338 e. The minimum absolute atomic E-state index is 0.0281. The molecule has 0 radical (unpaired) electrons. The number of aryl methyl sites for hydroxylation is 1. The van der Waals surface area contributed by atoms with Crippen molar-refractivity contribution in [3.63, 3.8) is 0 Å². The molecule has 0 spiro atoms. The molecule has 0 aliphatic heterocycles. The molecule has 0 saturated heterocycles. The van der Waals surface area contributed by atoms with Crippen molar-refractivity contribution in [1.29, 1.82) is 5.26 Å². The van der Waals surface area contributed by atoms with Gasteiger partial charge in [-0.25, -0.2) is 9.78 Å². The van der Waals surface area contributed by atoms with Crippen LogP contribution in [0, 0.1) is 35.0 Å². The standard InChI is InChI=1S/C55H59N7O8/c1-9-24-68-46-40(50(64)57-38-19-15-34(16-20-38)52(66)70-54(6,7)8)21-23-44(47(46)69-31(4)5)60-49(63)33-13-17-39(18-14-33)58-53(67)55(29-37(55)10-2)61-51(65)42-28-41(35-26-36(42)27-35)48-59-43-22-12-32(30-56)25-45(43)62(48)11-3/h9-10,12-23,25,31,35-37,41-42H,1-2,11,24,26-29H2,3-8H3,(H,57,64)(H,58,67)(H,60,63)(H,61,65)/t35?,36?,37-,41?,42+,55-/m0/s1. The molecule has 2 bridgehead atoms. The van der Waals surface area contributed by atoms with Gasteiger partial charge in [-0.05, 0) is 158 Å². The van der Waals surface area contributed by atoms with E-state index < -0.39 is 28.9 Å². The summed E-state index contributed by atoms with van der Waals surface area (Å²) in [5.41, 5.74) is 2.32. The Hall–Kier alpha value is -7.73. The van der Waals surface area contributed by atoms with Crippen LogP contribution in [0.25, 0.3) is 11.0 Å². The number of nitrogens with one attached hydrogen (secondary N) is 4. The fourth-order valence-corrected chi connectivity index (χ4v) is 9.68. The number of imidazole rings is 1. The zero-order chi connectivity index (χ0) is 50.1. The Bertz CT molecular complexity index is 2920. The highest BCUT2D eigenvalue weighted by molar-refractivity contribution is 6.10. The number of rotatable bonds is 17. The lowest BCUT2D eigenvalue weighted by atomic mass is 9.55. The quantitative estimate of drug-likeness (QED) is 0.0514. The largest absolute Gasteiger partial charge is 0.485 e. The Morgan fingerprint density at radius 3 is 2.17 bits per heavy atom. The summed E-state index contributed by atoms with van der Waals surface area (Å²) in [7, 11) is 0. The molecule has 9 rings (SSSR count). The molecular weight excluding hydrogens is 887 g/mol. The van der Waals surface area contributed by atoms with Gasteiger partial charge in [-0.3, -0.25) is 19.2 Å². The number of aromatic nitrogens is 2. The highest BCUT2D eigenvalue weighted by Gasteiger charge is 2.61. The van der Waals surface area contributed by atoms with Crippen LogP contribution in [0.2, 0.25) is 0 Å². The van der Waals surface area contributed by atoms with Gasteiger partial charge in [0.1, 0.15) is 23.6 Å². The van der Waals surface area contributed by atoms with Crippen LogP contribution in [0.15, 0.2) is 104 Å². The predicted molar refractivity (Wildman–Crippen MR) is 267 cm³/mol. The molecule has 4 aliphatic rings. The number of nitriles is 1. The van der Waals surface area contributed by atoms with Gasteiger partial charge in [-0.15, -0.1) is 6.58 Å². The number of hydrogen-bond donors (Lipinski definition) is 4. The highest BCUT2D eigenvalue weighted by Crippen LogP contribution is 2.56. The van der Waals surface area contributed by atoms with Gasteiger partial charge in [0.25, 0.3) is 17.7 Å². The first-order valence-electron chi connectivity index (χ1n) is 23.8. The molecule has 4 fully saturated rings. The second-order valence-electron chi connectivity index (χ2n) is 19.6. The summed E-state index contributed by atoms with van der Waals surface area (Å²) in [6.45, 7) is 19.4. The summed E-state index contributed by atoms with van der Waals surface area (Å²) in [6, 6.07) is 23.5. The number of carbonyl (C=O) groups is 5. The van der Waals surface area contributed by atoms with Crippen LogP contribution in [-0.4, -0.2) is 63.0 Å². The van der Waals surface area contributed by atoms with E-state index in [0.717, 1.165) is 29.7 Å². The predicted octanol–water partition coefficient (Wildman–Crippen LogP) is 9.57. The van der Waals surface area contributed by atoms with Crippen LogP contribution in [0.1, 0.15) is 116 Å². The molecule has 1 unspecified atom stereocenters. The third-order valence-corrected chi connectivity index (χ3v) is 13.3. The Kier molecular flexibility index (Phi) is 13.7. The Labute approximate surface area is 407 Å². The SMILES string of the molecule is C=CCOc1c(C(=O)Nc2ccc(C(=O)OC(C)(C)C)cc2)ccc(NC(=O)c2ccc(NC(=O)[C@]3(NC(=O)[C@@H]4CC(c5nc6ccc(C#N)cc6n5CC)C5CC4C5)C[C@@H]3C=C)cc2)c1OC(C)C. The van der Waals surface area contributed by atoms with E-state index in [0.29, 0.717) is 47.8 Å². The Morgan fingerprint density at radius 2 is 1.56 bits per heavy atom. The number of anilines is 3. The average Bonchev–Trinajstić information content (AvgIpc) is 3.92. The first-order chi connectivity index (χ1) is 33.4. The summed E-state index contributed by atoms with van der Waals surface area (Å²) in [6.07, 6.45) is 5.70. The van der Waals surface area contributed by atoms with E-state index in [2.05, 4.69) is 52.0 Å². The molecule has 1 aromatic heterocycles. The summed E-state index contributed by atoms with van der Waals surface area (Å²) >= 11 is 0. The molecule has 5 aromatic rings. The third-order valence-electron chi connectivity index (χ3n) is 13.3. The van der Waals surface area contributed by atoms with Gasteiger partial charge in [0.2, 0.25) is 5.91 Å². The third kappa shape index (κ3) is 10.0. The van der Waals surface area contributed by atoms with E-state index >= 15 is 0 Å². The second kappa shape index (κ2) is 19.7. The van der Waals surface area contributed by atoms with Crippen LogP contribution in [0.3, 0.4) is 0 Å². The number of esters is 1. The van der Waals surface area contributed by atoms with Gasteiger partial charge in [0, 0.05) is 41.2 Å². The fourth-order valence-electron chi connectivity index (χ4n) is 9.68. The topological polar surface area (TPSA) is 203 Å². The summed E-state index contributed by atoms with van der Waals surface area (Å²) in [5.74, 6) is -0.687. The molecule has 4 amide bonds. The maximum absolute atomic E-state index is 14.2. The molecule has 4 aromatic carbocycles. The van der Waals surface area contributed by atoms with E-state index in [-0.39, 0.29) is 76.5 Å². The number of carbonyl (C=O) groups excluding carboxylic acids is 5. The zero-order valence-corrected chi connectivity index (χ0v) is 40.4. The monoisotopic (exact) mass is 945 g/mol. The van der Waals surface area contributed by atoms with Crippen LogP contribution in [0.5, 0.6) is 11.5 Å². The minimum Gasteiger partial charge on any atom is -0.485 e. The maximum Gasteiger partial charge on any atom is 0.338 e. The van der Waals surface area contributed by atoms with Crippen LogP contribution in [-0.2, 0) is 20.9 Å². The summed E-state index contributed by atoms with van der Waals surface area (Å²) in [4.78, 5) is 73.4. The number of fused-ring (bicyclic) bond motifs is 3. The van der Waals surface area contributed by atoms with Gasteiger partial charge >= 0.3 is 5.97 Å². The van der Waals surface area contributed by atoms with Crippen molar-refractivity contribution in [2.24, 2.45) is 23.7 Å². The normalized spacial score (nSPS) is 21.0. The van der Waals surface area contributed by atoms with Crippen LogP contribution in [0.4, 0.5) is 17.1 Å². The number of hydrogen-bond acceptors (Lipinski definition) is 10. The molecule has 4 aliphatic carbocycles. The number of nitrogens with zero attached hydrogens (tertiary/aromatic N) is 3. The zero-order valence-electron chi connectivity index (χ0n) is 40.4. The molecule has 4 saturated carbocycles. The van der Waals surface area contributed by atoms with Crippen molar-refractivity contribution in [1.82, 2.24) is 14.9 Å². The number of ether oxygens (including phenoxy) is 3. The van der Waals surface area contributed by atoms with Crippen molar-refractivity contribution in [3.05, 3.63) is 132 Å². The lowest BCUT2D eigenvalue weighted by molar-refractivity contribution is -0.136. The highest BCUT2D eigenvalue weighted by atomic mass is 16.6. The Balaban J connectivity index is 0.937. The second-order valence-corrected chi connectivity index (χ2v) is 19.6. The van der Waals surface area contributed by atoms with E-state index in [4.69, 9.17) is 19.2 Å². The molecule has 1 heterocycles. The first kappa shape index (κ1) is 48.7. The molecule has 15 nitrogen and oxygen atoms in total. The van der Waals surface area contributed by atoms with Gasteiger partial charge in [0.15, 0.2) is 11.5 Å². The minimum atomic E-state index is -1.16. The van der Waals surface area contributed by atoms with E-state index in [1.165, 1.54) is 12.1 Å². The lowest BCUT2D eigenvalue weighted by Gasteiger charge is -2.50. The Morgan fingerprint density at radius 1 is 0.871 bits per heavy atom. The molecule has 4 atom stereocenters. The molecule has 4 N–H and O–H groups in total. The summed E-state index contributed by atoms with van der Waals surface area (Å²) < 4.78 is 19.8. The van der Waals surface area contributed by atoms with Gasteiger partial charge in [-0.2, -0.15) is 5.26 Å². The van der Waals surface area contributed by atoms with Crippen molar-refractivity contribution in [3.8, 4) is 17.6 Å². The van der Waals surface area contributed by atoms with E-state index in [1.807, 2.05) is 12.1 Å². The molecule has 70 heavy (non-hydrogen) atoms. The maximum atomic E-state index is 14.2. The summed E-state index contributed by atoms with van der Waals surface area (Å²) in [5, 5.41) is 21.4. The molecule has 362 valence electrons. The van der Waals surface area contributed by atoms with Crippen LogP contribution < -0.4 is 30.7 Å². The number of benzene rings is 4.